The van der Waals surface area contributed by atoms with Gasteiger partial charge < -0.3 is 20.6 Å². The van der Waals surface area contributed by atoms with E-state index in [1.54, 1.807) is 30.0 Å². The molecular formula is C32H38F2IN3O3. The lowest BCUT2D eigenvalue weighted by Crippen LogP contribution is -2.55. The van der Waals surface area contributed by atoms with E-state index in [0.717, 1.165) is 22.0 Å². The first kappa shape index (κ1) is 32.6. The summed E-state index contributed by atoms with van der Waals surface area (Å²) < 4.78 is 32.7. The highest BCUT2D eigenvalue weighted by molar-refractivity contribution is 14.1. The van der Waals surface area contributed by atoms with Crippen LogP contribution in [0.3, 0.4) is 0 Å². The smallest absolute Gasteiger partial charge is 0.295 e. The molecule has 0 aliphatic carbocycles. The predicted octanol–water partition coefficient (Wildman–Crippen LogP) is 5.90. The molecule has 2 amide bonds. The standard InChI is InChI=1S/C32H38F2IN3O3/c1-4-14-38(15-5-2)31(41)25-17-22(3)16-24(19-25)30(40)37-29(32(33,34)26-11-7-6-8-12-26)28(39)21-36-20-23-10-9-13-27(35)18-23/h6-13,16-19,28-29,36,39H,4-5,14-15,20-21H2,1-3H3,(H,37,40)/t28-,29-/m1/s1. The monoisotopic (exact) mass is 677 g/mol. The highest BCUT2D eigenvalue weighted by Gasteiger charge is 2.46. The van der Waals surface area contributed by atoms with Crippen LogP contribution >= 0.6 is 22.6 Å². The third kappa shape index (κ3) is 9.05. The highest BCUT2D eigenvalue weighted by Crippen LogP contribution is 2.33. The summed E-state index contributed by atoms with van der Waals surface area (Å²) in [5, 5.41) is 16.4. The van der Waals surface area contributed by atoms with Crippen LogP contribution in [0, 0.1) is 10.5 Å². The van der Waals surface area contributed by atoms with E-state index >= 15 is 8.78 Å². The third-order valence-corrected chi connectivity index (χ3v) is 7.32. The normalized spacial score (nSPS) is 13.0. The zero-order chi connectivity index (χ0) is 30.0. The van der Waals surface area contributed by atoms with E-state index in [2.05, 4.69) is 33.2 Å². The van der Waals surface area contributed by atoms with Gasteiger partial charge in [0, 0.05) is 46.4 Å². The number of aliphatic hydroxyl groups excluding tert-OH is 1. The molecule has 220 valence electrons. The molecule has 0 aliphatic heterocycles. The molecule has 0 aromatic heterocycles. The van der Waals surface area contributed by atoms with Gasteiger partial charge in [-0.3, -0.25) is 9.59 Å². The van der Waals surface area contributed by atoms with Crippen molar-refractivity contribution < 1.29 is 23.5 Å². The molecular weight excluding hydrogens is 639 g/mol. The third-order valence-electron chi connectivity index (χ3n) is 6.65. The van der Waals surface area contributed by atoms with Crippen molar-refractivity contribution in [2.45, 2.75) is 58.2 Å². The zero-order valence-corrected chi connectivity index (χ0v) is 25.8. The summed E-state index contributed by atoms with van der Waals surface area (Å²) in [7, 11) is 0. The number of carbonyl (C=O) groups is 2. The number of rotatable bonds is 14. The van der Waals surface area contributed by atoms with Gasteiger partial charge in [0.1, 0.15) is 6.04 Å². The Morgan fingerprint density at radius 3 is 2.24 bits per heavy atom. The Hall–Kier alpha value is -2.89. The van der Waals surface area contributed by atoms with Crippen molar-refractivity contribution in [1.82, 2.24) is 15.5 Å². The van der Waals surface area contributed by atoms with Gasteiger partial charge in [0.25, 0.3) is 17.7 Å². The summed E-state index contributed by atoms with van der Waals surface area (Å²) in [4.78, 5) is 28.4. The van der Waals surface area contributed by atoms with E-state index < -0.39 is 24.0 Å². The average molecular weight is 678 g/mol. The summed E-state index contributed by atoms with van der Waals surface area (Å²) in [6.45, 7) is 7.05. The number of halogens is 3. The van der Waals surface area contributed by atoms with Gasteiger partial charge in [-0.25, -0.2) is 0 Å². The number of nitrogens with one attached hydrogen (secondary N) is 2. The summed E-state index contributed by atoms with van der Waals surface area (Å²) in [6.07, 6.45) is -0.0416. The largest absolute Gasteiger partial charge is 0.389 e. The molecule has 0 fully saturated rings. The van der Waals surface area contributed by atoms with Crippen LogP contribution in [0.15, 0.2) is 72.8 Å². The molecule has 0 bridgehead atoms. The van der Waals surface area contributed by atoms with Gasteiger partial charge >= 0.3 is 0 Å². The second-order valence-corrected chi connectivity index (χ2v) is 11.4. The number of benzene rings is 3. The van der Waals surface area contributed by atoms with Crippen LogP contribution in [-0.4, -0.2) is 53.6 Å². The minimum atomic E-state index is -3.58. The average Bonchev–Trinajstić information content (AvgIpc) is 2.95. The Labute approximate surface area is 254 Å². The van der Waals surface area contributed by atoms with E-state index in [1.807, 2.05) is 38.1 Å². The maximum absolute atomic E-state index is 15.8. The van der Waals surface area contributed by atoms with Crippen LogP contribution in [0.25, 0.3) is 0 Å². The molecule has 3 aromatic carbocycles. The summed E-state index contributed by atoms with van der Waals surface area (Å²) in [5.74, 6) is -4.59. The minimum absolute atomic E-state index is 0.0779. The van der Waals surface area contributed by atoms with Crippen LogP contribution in [0.4, 0.5) is 8.78 Å². The Morgan fingerprint density at radius 1 is 0.951 bits per heavy atom. The predicted molar refractivity (Wildman–Crippen MR) is 166 cm³/mol. The quantitative estimate of drug-likeness (QED) is 0.186. The number of hydrogen-bond donors (Lipinski definition) is 3. The fraction of sp³-hybridized carbons (Fsp3) is 0.375. The van der Waals surface area contributed by atoms with E-state index in [9.17, 15) is 14.7 Å². The molecule has 0 spiro atoms. The van der Waals surface area contributed by atoms with Gasteiger partial charge in [0.15, 0.2) is 0 Å². The van der Waals surface area contributed by atoms with Crippen LogP contribution in [0.5, 0.6) is 0 Å². The fourth-order valence-electron chi connectivity index (χ4n) is 4.70. The molecule has 41 heavy (non-hydrogen) atoms. The number of aryl methyl sites for hydroxylation is 1. The molecule has 3 aromatic rings. The van der Waals surface area contributed by atoms with E-state index in [-0.39, 0.29) is 23.6 Å². The molecule has 0 saturated carbocycles. The SMILES string of the molecule is CCCN(CCC)C(=O)c1cc(C)cc(C(=O)N[C@H]([C@H](O)CNCc2cccc(I)c2)C(F)(F)c2ccccc2)c1. The second-order valence-electron chi connectivity index (χ2n) is 10.1. The molecule has 2 atom stereocenters. The summed E-state index contributed by atoms with van der Waals surface area (Å²) >= 11 is 2.19. The van der Waals surface area contributed by atoms with Crippen molar-refractivity contribution in [1.29, 1.82) is 0 Å². The number of amides is 2. The molecule has 0 radical (unpaired) electrons. The van der Waals surface area contributed by atoms with Gasteiger partial charge in [-0.2, -0.15) is 8.78 Å². The number of hydrogen-bond acceptors (Lipinski definition) is 4. The molecule has 6 nitrogen and oxygen atoms in total. The van der Waals surface area contributed by atoms with Gasteiger partial charge in [0.05, 0.1) is 6.10 Å². The van der Waals surface area contributed by atoms with E-state index in [0.29, 0.717) is 30.8 Å². The first-order chi connectivity index (χ1) is 19.6. The van der Waals surface area contributed by atoms with Crippen LogP contribution in [0.2, 0.25) is 0 Å². The number of aliphatic hydroxyl groups is 1. The Morgan fingerprint density at radius 2 is 1.61 bits per heavy atom. The highest BCUT2D eigenvalue weighted by atomic mass is 127. The molecule has 0 saturated heterocycles. The van der Waals surface area contributed by atoms with Crippen LogP contribution < -0.4 is 10.6 Å². The topological polar surface area (TPSA) is 81.7 Å². The van der Waals surface area contributed by atoms with Crippen molar-refractivity contribution in [3.8, 4) is 0 Å². The van der Waals surface area contributed by atoms with Gasteiger partial charge in [-0.05, 0) is 83.8 Å². The van der Waals surface area contributed by atoms with Crippen molar-refractivity contribution in [3.05, 3.63) is 104 Å². The van der Waals surface area contributed by atoms with Gasteiger partial charge in [-0.15, -0.1) is 0 Å². The Balaban J connectivity index is 1.86. The van der Waals surface area contributed by atoms with Crippen molar-refractivity contribution >= 4 is 34.4 Å². The fourth-order valence-corrected chi connectivity index (χ4v) is 5.30. The molecule has 0 heterocycles. The van der Waals surface area contributed by atoms with E-state index in [1.165, 1.54) is 30.3 Å². The minimum Gasteiger partial charge on any atom is -0.389 e. The summed E-state index contributed by atoms with van der Waals surface area (Å²) in [6, 6.07) is 17.6. The molecule has 3 N–H and O–H groups in total. The first-order valence-corrected chi connectivity index (χ1v) is 14.9. The zero-order valence-electron chi connectivity index (χ0n) is 23.7. The Kier molecular flexibility index (Phi) is 12.2. The lowest BCUT2D eigenvalue weighted by Gasteiger charge is -2.32. The summed E-state index contributed by atoms with van der Waals surface area (Å²) in [5.41, 5.74) is 1.67. The maximum Gasteiger partial charge on any atom is 0.295 e. The van der Waals surface area contributed by atoms with Crippen LogP contribution in [-0.2, 0) is 12.5 Å². The molecule has 9 heteroatoms. The molecule has 3 rings (SSSR count). The van der Waals surface area contributed by atoms with Crippen molar-refractivity contribution in [2.75, 3.05) is 19.6 Å². The Bertz CT molecular complexity index is 1300. The van der Waals surface area contributed by atoms with E-state index in [4.69, 9.17) is 0 Å². The van der Waals surface area contributed by atoms with Crippen molar-refractivity contribution in [2.24, 2.45) is 0 Å². The first-order valence-electron chi connectivity index (χ1n) is 13.8. The second kappa shape index (κ2) is 15.4. The number of carbonyl (C=O) groups excluding carboxylic acids is 2. The van der Waals surface area contributed by atoms with Crippen LogP contribution in [0.1, 0.15) is 64.1 Å². The van der Waals surface area contributed by atoms with Crippen molar-refractivity contribution in [3.63, 3.8) is 0 Å². The molecule has 0 aliphatic rings. The number of nitrogens with zero attached hydrogens (tertiary/aromatic N) is 1. The maximum atomic E-state index is 15.8. The molecule has 0 unspecified atom stereocenters. The lowest BCUT2D eigenvalue weighted by atomic mass is 9.95. The van der Waals surface area contributed by atoms with Gasteiger partial charge in [0.2, 0.25) is 0 Å². The van der Waals surface area contributed by atoms with Gasteiger partial charge in [-0.1, -0.05) is 56.3 Å². The lowest BCUT2D eigenvalue weighted by molar-refractivity contribution is -0.0806. The number of alkyl halides is 2.